The van der Waals surface area contributed by atoms with E-state index in [1.165, 1.54) is 12.1 Å². The van der Waals surface area contributed by atoms with Gasteiger partial charge in [-0.2, -0.15) is 8.78 Å². The molecule has 8 heteroatoms. The molecule has 0 aromatic heterocycles. The Morgan fingerprint density at radius 1 is 1.15 bits per heavy atom. The topological polar surface area (TPSA) is 50.8 Å². The van der Waals surface area contributed by atoms with Crippen molar-refractivity contribution >= 4 is 23.2 Å². The van der Waals surface area contributed by atoms with E-state index in [0.717, 1.165) is 0 Å². The van der Waals surface area contributed by atoms with Crippen LogP contribution in [0.25, 0.3) is 0 Å². The maximum absolute atomic E-state index is 12.5. The fourth-order valence-electron chi connectivity index (χ4n) is 2.26. The van der Waals surface area contributed by atoms with Crippen LogP contribution in [0.4, 0.5) is 14.5 Å². The first-order chi connectivity index (χ1) is 12.9. The lowest BCUT2D eigenvalue weighted by Crippen LogP contribution is -2.41. The van der Waals surface area contributed by atoms with E-state index in [0.29, 0.717) is 23.9 Å². The highest BCUT2D eigenvalue weighted by atomic mass is 35.5. The number of para-hydroxylation sites is 3. The normalized spacial score (nSPS) is 12.1. The molecule has 0 bridgehead atoms. The molecule has 0 aliphatic rings. The number of hydrogen-bond acceptors (Lipinski definition) is 4. The van der Waals surface area contributed by atoms with Crippen molar-refractivity contribution in [2.24, 2.45) is 0 Å². The van der Waals surface area contributed by atoms with E-state index in [4.69, 9.17) is 16.3 Å². The van der Waals surface area contributed by atoms with Gasteiger partial charge in [0.15, 0.2) is 0 Å². The molecule has 1 unspecified atom stereocenters. The van der Waals surface area contributed by atoms with E-state index in [9.17, 15) is 13.6 Å². The average molecular weight is 399 g/mol. The number of benzene rings is 2. The highest BCUT2D eigenvalue weighted by Crippen LogP contribution is 2.26. The Morgan fingerprint density at radius 2 is 1.78 bits per heavy atom. The van der Waals surface area contributed by atoms with Gasteiger partial charge in [-0.25, -0.2) is 0 Å². The van der Waals surface area contributed by atoms with Gasteiger partial charge in [-0.3, -0.25) is 9.69 Å². The summed E-state index contributed by atoms with van der Waals surface area (Å²) in [7, 11) is 1.77. The van der Waals surface area contributed by atoms with E-state index >= 15 is 0 Å². The van der Waals surface area contributed by atoms with Gasteiger partial charge in [-0.15, -0.1) is 0 Å². The first kappa shape index (κ1) is 20.9. The zero-order valence-corrected chi connectivity index (χ0v) is 15.7. The van der Waals surface area contributed by atoms with E-state index in [-0.39, 0.29) is 17.3 Å². The Morgan fingerprint density at radius 3 is 2.44 bits per heavy atom. The van der Waals surface area contributed by atoms with Crippen molar-refractivity contribution in [1.82, 2.24) is 4.90 Å². The number of hydrogen-bond donors (Lipinski definition) is 1. The molecule has 1 atom stereocenters. The number of nitrogens with zero attached hydrogens (tertiary/aromatic N) is 1. The van der Waals surface area contributed by atoms with Crippen LogP contribution in [0.5, 0.6) is 11.5 Å². The van der Waals surface area contributed by atoms with Crippen LogP contribution in [-0.2, 0) is 4.79 Å². The number of anilines is 1. The van der Waals surface area contributed by atoms with Crippen LogP contribution in [0.1, 0.15) is 6.92 Å². The summed E-state index contributed by atoms with van der Waals surface area (Å²) in [5.74, 6) is 0.140. The zero-order valence-electron chi connectivity index (χ0n) is 15.0. The number of amides is 1. The average Bonchev–Trinajstić information content (AvgIpc) is 2.63. The predicted octanol–water partition coefficient (Wildman–Crippen LogP) is 4.28. The molecule has 5 nitrogen and oxygen atoms in total. The second-order valence-corrected chi connectivity index (χ2v) is 6.21. The van der Waals surface area contributed by atoms with E-state index in [1.54, 1.807) is 43.1 Å². The second-order valence-electron chi connectivity index (χ2n) is 5.80. The summed E-state index contributed by atoms with van der Waals surface area (Å²) < 4.78 is 35.0. The summed E-state index contributed by atoms with van der Waals surface area (Å²) >= 11 is 6.03. The van der Waals surface area contributed by atoms with E-state index in [1.807, 2.05) is 12.1 Å². The van der Waals surface area contributed by atoms with Crippen molar-refractivity contribution in [3.63, 3.8) is 0 Å². The smallest absolute Gasteiger partial charge is 0.387 e. The van der Waals surface area contributed by atoms with Gasteiger partial charge < -0.3 is 14.8 Å². The quantitative estimate of drug-likeness (QED) is 0.685. The zero-order chi connectivity index (χ0) is 19.8. The molecule has 2 aromatic carbocycles. The van der Waals surface area contributed by atoms with Crippen molar-refractivity contribution in [3.8, 4) is 11.5 Å². The van der Waals surface area contributed by atoms with Crippen LogP contribution in [0.2, 0.25) is 5.02 Å². The second kappa shape index (κ2) is 10.1. The summed E-state index contributed by atoms with van der Waals surface area (Å²) in [6.07, 6.45) is 0. The first-order valence-electron chi connectivity index (χ1n) is 8.30. The summed E-state index contributed by atoms with van der Waals surface area (Å²) in [6.45, 7) is -0.454. The number of rotatable bonds is 9. The SMILES string of the molecule is CC(C(=O)Nc1ccccc1OC(F)F)N(C)CCOc1ccccc1Cl. The van der Waals surface area contributed by atoms with E-state index < -0.39 is 12.7 Å². The molecular weight excluding hydrogens is 378 g/mol. The third-order valence-corrected chi connectivity index (χ3v) is 4.25. The number of alkyl halides is 2. The number of carbonyl (C=O) groups excluding carboxylic acids is 1. The highest BCUT2D eigenvalue weighted by Gasteiger charge is 2.20. The van der Waals surface area contributed by atoms with E-state index in [2.05, 4.69) is 10.1 Å². The van der Waals surface area contributed by atoms with Gasteiger partial charge in [0, 0.05) is 6.54 Å². The van der Waals surface area contributed by atoms with Gasteiger partial charge in [0.05, 0.1) is 16.8 Å². The molecule has 2 aromatic rings. The minimum Gasteiger partial charge on any atom is -0.491 e. The van der Waals surface area contributed by atoms with Crippen molar-refractivity contribution in [3.05, 3.63) is 53.6 Å². The van der Waals surface area contributed by atoms with Crippen LogP contribution in [-0.4, -0.2) is 43.7 Å². The molecule has 0 spiro atoms. The number of likely N-dealkylation sites (N-methyl/N-ethyl adjacent to an activating group) is 1. The van der Waals surface area contributed by atoms with Crippen molar-refractivity contribution in [1.29, 1.82) is 0 Å². The third kappa shape index (κ3) is 6.37. The highest BCUT2D eigenvalue weighted by molar-refractivity contribution is 6.32. The van der Waals surface area contributed by atoms with Crippen molar-refractivity contribution in [2.45, 2.75) is 19.6 Å². The molecule has 0 saturated carbocycles. The van der Waals surface area contributed by atoms with Gasteiger partial charge in [0.25, 0.3) is 0 Å². The van der Waals surface area contributed by atoms with Crippen LogP contribution in [0.3, 0.4) is 0 Å². The lowest BCUT2D eigenvalue weighted by molar-refractivity contribution is -0.120. The van der Waals surface area contributed by atoms with Crippen molar-refractivity contribution in [2.75, 3.05) is 25.5 Å². The number of nitrogens with one attached hydrogen (secondary N) is 1. The fraction of sp³-hybridized carbons (Fsp3) is 0.316. The molecule has 1 N–H and O–H groups in total. The first-order valence-corrected chi connectivity index (χ1v) is 8.68. The van der Waals surface area contributed by atoms with Crippen LogP contribution in [0.15, 0.2) is 48.5 Å². The Hall–Kier alpha value is -2.38. The van der Waals surface area contributed by atoms with Gasteiger partial charge in [0.2, 0.25) is 5.91 Å². The fourth-order valence-corrected chi connectivity index (χ4v) is 2.45. The Balaban J connectivity index is 1.88. The molecule has 2 rings (SSSR count). The predicted molar refractivity (Wildman–Crippen MR) is 101 cm³/mol. The van der Waals surface area contributed by atoms with Crippen LogP contribution < -0.4 is 14.8 Å². The van der Waals surface area contributed by atoms with Gasteiger partial charge in [-0.1, -0.05) is 35.9 Å². The molecule has 27 heavy (non-hydrogen) atoms. The molecule has 0 radical (unpaired) electrons. The third-order valence-electron chi connectivity index (χ3n) is 3.94. The molecule has 0 aliphatic carbocycles. The van der Waals surface area contributed by atoms with Gasteiger partial charge >= 0.3 is 6.61 Å². The monoisotopic (exact) mass is 398 g/mol. The largest absolute Gasteiger partial charge is 0.491 e. The Labute approximate surface area is 161 Å². The maximum Gasteiger partial charge on any atom is 0.387 e. The lowest BCUT2D eigenvalue weighted by Gasteiger charge is -2.24. The molecule has 0 fully saturated rings. The Bertz CT molecular complexity index is 761. The van der Waals surface area contributed by atoms with Crippen molar-refractivity contribution < 1.29 is 23.0 Å². The number of halogens is 3. The summed E-state index contributed by atoms with van der Waals surface area (Å²) in [6, 6.07) is 12.7. The minimum atomic E-state index is -2.97. The molecule has 0 heterocycles. The number of carbonyl (C=O) groups is 1. The summed E-state index contributed by atoms with van der Waals surface area (Å²) in [4.78, 5) is 14.2. The molecule has 0 saturated heterocycles. The standard InChI is InChI=1S/C19H21ClF2N2O3/c1-13(24(2)11-12-26-16-9-5-3-7-14(16)20)18(25)23-15-8-4-6-10-17(15)27-19(21)22/h3-10,13,19H,11-12H2,1-2H3,(H,23,25). The van der Waals surface area contributed by atoms with Crippen LogP contribution in [0, 0.1) is 0 Å². The molecule has 0 aliphatic heterocycles. The summed E-state index contributed by atoms with van der Waals surface area (Å²) in [5, 5.41) is 3.13. The molecule has 1 amide bonds. The lowest BCUT2D eigenvalue weighted by atomic mass is 10.2. The summed E-state index contributed by atoms with van der Waals surface area (Å²) in [5.41, 5.74) is 0.190. The Kier molecular flexibility index (Phi) is 7.82. The molecular formula is C19H21ClF2N2O3. The van der Waals surface area contributed by atoms with Crippen LogP contribution >= 0.6 is 11.6 Å². The minimum absolute atomic E-state index is 0.0854. The molecule has 146 valence electrons. The maximum atomic E-state index is 12.5. The number of ether oxygens (including phenoxy) is 2. The van der Waals surface area contributed by atoms with Gasteiger partial charge in [-0.05, 0) is 38.2 Å². The van der Waals surface area contributed by atoms with Gasteiger partial charge in [0.1, 0.15) is 18.1 Å².